The first kappa shape index (κ1) is 13.7. The molecule has 0 aliphatic carbocycles. The Labute approximate surface area is 90.2 Å². The molecule has 0 aliphatic rings. The van der Waals surface area contributed by atoms with Gasteiger partial charge in [0.05, 0.1) is 6.42 Å². The van der Waals surface area contributed by atoms with Crippen molar-refractivity contribution in [1.29, 1.82) is 0 Å². The normalized spacial score (nSPS) is 13.1. The zero-order valence-corrected chi connectivity index (χ0v) is 9.76. The van der Waals surface area contributed by atoms with Gasteiger partial charge in [-0.05, 0) is 12.3 Å². The molecule has 0 aromatic carbocycles. The van der Waals surface area contributed by atoms with E-state index in [2.05, 4.69) is 10.6 Å². The van der Waals surface area contributed by atoms with Crippen molar-refractivity contribution < 1.29 is 14.7 Å². The highest BCUT2D eigenvalue weighted by molar-refractivity contribution is 5.75. The van der Waals surface area contributed by atoms with Crippen LogP contribution in [-0.4, -0.2) is 29.7 Å². The quantitative estimate of drug-likeness (QED) is 0.660. The summed E-state index contributed by atoms with van der Waals surface area (Å²) in [5.41, 5.74) is 0.0212. The molecular weight excluding hydrogens is 196 g/mol. The van der Waals surface area contributed by atoms with E-state index in [1.807, 2.05) is 20.8 Å². The highest BCUT2D eigenvalue weighted by atomic mass is 16.4. The fourth-order valence-electron chi connectivity index (χ4n) is 0.933. The largest absolute Gasteiger partial charge is 0.481 e. The summed E-state index contributed by atoms with van der Waals surface area (Å²) in [6.07, 6.45) is -0.0665. The number of carbonyl (C=O) groups excluding carboxylic acids is 1. The van der Waals surface area contributed by atoms with Gasteiger partial charge in [0.2, 0.25) is 0 Å². The number of carboxylic acids is 1. The van der Waals surface area contributed by atoms with Crippen LogP contribution >= 0.6 is 0 Å². The van der Waals surface area contributed by atoms with Crippen LogP contribution in [0.2, 0.25) is 0 Å². The van der Waals surface area contributed by atoms with Crippen LogP contribution in [0, 0.1) is 5.41 Å². The summed E-state index contributed by atoms with van der Waals surface area (Å²) in [5, 5.41) is 13.7. The van der Waals surface area contributed by atoms with Gasteiger partial charge in [0.1, 0.15) is 0 Å². The summed E-state index contributed by atoms with van der Waals surface area (Å²) in [5.74, 6) is -0.918. The predicted molar refractivity (Wildman–Crippen MR) is 57.7 cm³/mol. The minimum atomic E-state index is -0.918. The van der Waals surface area contributed by atoms with Crippen molar-refractivity contribution in [1.82, 2.24) is 10.6 Å². The lowest BCUT2D eigenvalue weighted by Gasteiger charge is -2.20. The summed E-state index contributed by atoms with van der Waals surface area (Å²) in [7, 11) is 0. The molecule has 2 amide bonds. The average Bonchev–Trinajstić information content (AvgIpc) is 1.97. The van der Waals surface area contributed by atoms with Crippen LogP contribution in [0.1, 0.15) is 34.1 Å². The number of carbonyl (C=O) groups is 2. The lowest BCUT2D eigenvalue weighted by Crippen LogP contribution is -2.44. The van der Waals surface area contributed by atoms with Gasteiger partial charge < -0.3 is 15.7 Å². The Bertz CT molecular complexity index is 233. The maximum absolute atomic E-state index is 11.3. The topological polar surface area (TPSA) is 78.4 Å². The second-order valence-electron chi connectivity index (χ2n) is 4.89. The molecule has 0 saturated heterocycles. The Morgan fingerprint density at radius 1 is 1.33 bits per heavy atom. The zero-order valence-electron chi connectivity index (χ0n) is 9.76. The molecule has 15 heavy (non-hydrogen) atoms. The average molecular weight is 216 g/mol. The number of hydrogen-bond donors (Lipinski definition) is 3. The van der Waals surface area contributed by atoms with E-state index in [0.717, 1.165) is 0 Å². The molecule has 3 N–H and O–H groups in total. The molecule has 1 unspecified atom stereocenters. The third-order valence-electron chi connectivity index (χ3n) is 1.64. The minimum absolute atomic E-state index is 0.0212. The number of urea groups is 1. The number of rotatable bonds is 4. The van der Waals surface area contributed by atoms with Crippen LogP contribution in [-0.2, 0) is 4.79 Å². The van der Waals surface area contributed by atoms with Crippen molar-refractivity contribution in [3.05, 3.63) is 0 Å². The number of carboxylic acid groups (broad SMARTS) is 1. The zero-order chi connectivity index (χ0) is 12.1. The van der Waals surface area contributed by atoms with Crippen LogP contribution in [0.4, 0.5) is 4.79 Å². The number of nitrogens with one attached hydrogen (secondary N) is 2. The van der Waals surface area contributed by atoms with Crippen LogP contribution in [0.15, 0.2) is 0 Å². The van der Waals surface area contributed by atoms with Gasteiger partial charge in [0, 0.05) is 12.6 Å². The molecule has 0 radical (unpaired) electrons. The molecule has 0 bridgehead atoms. The van der Waals surface area contributed by atoms with E-state index in [-0.39, 0.29) is 23.9 Å². The van der Waals surface area contributed by atoms with Crippen molar-refractivity contribution in [3.8, 4) is 0 Å². The number of amides is 2. The van der Waals surface area contributed by atoms with E-state index >= 15 is 0 Å². The van der Waals surface area contributed by atoms with Gasteiger partial charge in [0.15, 0.2) is 0 Å². The lowest BCUT2D eigenvalue weighted by atomic mass is 9.97. The first-order valence-electron chi connectivity index (χ1n) is 4.97. The Hall–Kier alpha value is -1.26. The van der Waals surface area contributed by atoms with Crippen molar-refractivity contribution in [2.24, 2.45) is 5.41 Å². The SMILES string of the molecule is CC(CC(=O)O)NC(=O)NCC(C)(C)C. The summed E-state index contributed by atoms with van der Waals surface area (Å²) in [6.45, 7) is 8.24. The molecule has 0 rings (SSSR count). The van der Waals surface area contributed by atoms with Crippen molar-refractivity contribution in [3.63, 3.8) is 0 Å². The van der Waals surface area contributed by atoms with Crippen LogP contribution in [0.25, 0.3) is 0 Å². The molecule has 0 heterocycles. The first-order valence-corrected chi connectivity index (χ1v) is 4.97. The molecule has 0 fully saturated rings. The predicted octanol–water partition coefficient (Wildman–Crippen LogP) is 1.19. The fourth-order valence-corrected chi connectivity index (χ4v) is 0.933. The molecule has 0 aliphatic heterocycles. The highest BCUT2D eigenvalue weighted by Gasteiger charge is 2.14. The van der Waals surface area contributed by atoms with Crippen molar-refractivity contribution >= 4 is 12.0 Å². The van der Waals surface area contributed by atoms with Crippen molar-refractivity contribution in [2.45, 2.75) is 40.2 Å². The minimum Gasteiger partial charge on any atom is -0.481 e. The van der Waals surface area contributed by atoms with E-state index in [1.54, 1.807) is 6.92 Å². The van der Waals surface area contributed by atoms with E-state index in [0.29, 0.717) is 6.54 Å². The van der Waals surface area contributed by atoms with Gasteiger partial charge in [-0.15, -0.1) is 0 Å². The standard InChI is InChI=1S/C10H20N2O3/c1-7(5-8(13)14)12-9(15)11-6-10(2,3)4/h7H,5-6H2,1-4H3,(H,13,14)(H2,11,12,15). The molecule has 1 atom stereocenters. The summed E-state index contributed by atoms with van der Waals surface area (Å²) in [6, 6.07) is -0.679. The molecule has 0 saturated carbocycles. The molecule has 0 aromatic heterocycles. The van der Waals surface area contributed by atoms with E-state index in [9.17, 15) is 9.59 Å². The van der Waals surface area contributed by atoms with Crippen LogP contribution < -0.4 is 10.6 Å². The van der Waals surface area contributed by atoms with Gasteiger partial charge in [-0.2, -0.15) is 0 Å². The Morgan fingerprint density at radius 2 is 1.87 bits per heavy atom. The maximum atomic E-state index is 11.3. The maximum Gasteiger partial charge on any atom is 0.315 e. The van der Waals surface area contributed by atoms with E-state index in [4.69, 9.17) is 5.11 Å². The third kappa shape index (κ3) is 9.05. The Kier molecular flexibility index (Phi) is 5.11. The van der Waals surface area contributed by atoms with Gasteiger partial charge in [-0.3, -0.25) is 4.79 Å². The van der Waals surface area contributed by atoms with Gasteiger partial charge in [0.25, 0.3) is 0 Å². The van der Waals surface area contributed by atoms with Gasteiger partial charge in [-0.1, -0.05) is 20.8 Å². The molecule has 88 valence electrons. The number of hydrogen-bond acceptors (Lipinski definition) is 2. The summed E-state index contributed by atoms with van der Waals surface area (Å²) < 4.78 is 0. The Balaban J connectivity index is 3.79. The van der Waals surface area contributed by atoms with Crippen molar-refractivity contribution in [2.75, 3.05) is 6.54 Å². The monoisotopic (exact) mass is 216 g/mol. The van der Waals surface area contributed by atoms with Crippen LogP contribution in [0.3, 0.4) is 0 Å². The fraction of sp³-hybridized carbons (Fsp3) is 0.800. The summed E-state index contributed by atoms with van der Waals surface area (Å²) >= 11 is 0. The second kappa shape index (κ2) is 5.58. The van der Waals surface area contributed by atoms with E-state index in [1.165, 1.54) is 0 Å². The summed E-state index contributed by atoms with van der Waals surface area (Å²) in [4.78, 5) is 21.6. The molecule has 0 aromatic rings. The second-order valence-corrected chi connectivity index (χ2v) is 4.89. The smallest absolute Gasteiger partial charge is 0.315 e. The molecule has 5 heteroatoms. The van der Waals surface area contributed by atoms with Gasteiger partial charge >= 0.3 is 12.0 Å². The number of aliphatic carboxylic acids is 1. The highest BCUT2D eigenvalue weighted by Crippen LogP contribution is 2.09. The van der Waals surface area contributed by atoms with Gasteiger partial charge in [-0.25, -0.2) is 4.79 Å². The molecule has 0 spiro atoms. The third-order valence-corrected chi connectivity index (χ3v) is 1.64. The van der Waals surface area contributed by atoms with E-state index < -0.39 is 5.97 Å². The van der Waals surface area contributed by atoms with Crippen LogP contribution in [0.5, 0.6) is 0 Å². The Morgan fingerprint density at radius 3 is 2.27 bits per heavy atom. The molecular formula is C10H20N2O3. The first-order chi connectivity index (χ1) is 6.70. The lowest BCUT2D eigenvalue weighted by molar-refractivity contribution is -0.137. The molecule has 5 nitrogen and oxygen atoms in total.